The van der Waals surface area contributed by atoms with Gasteiger partial charge in [-0.25, -0.2) is 4.39 Å². The normalized spacial score (nSPS) is 13.8. The van der Waals surface area contributed by atoms with Crippen LogP contribution in [0.5, 0.6) is 0 Å². The SMILES string of the molecule is CCCC(C)(O)CNC(=O)CSCc1ccc(F)cc1. The summed E-state index contributed by atoms with van der Waals surface area (Å²) in [5.74, 6) is 0.654. The summed E-state index contributed by atoms with van der Waals surface area (Å²) in [4.78, 5) is 11.6. The van der Waals surface area contributed by atoms with Crippen LogP contribution in [0.15, 0.2) is 24.3 Å². The molecule has 1 amide bonds. The fourth-order valence-corrected chi connectivity index (χ4v) is 2.63. The summed E-state index contributed by atoms with van der Waals surface area (Å²) in [7, 11) is 0. The van der Waals surface area contributed by atoms with E-state index in [1.807, 2.05) is 6.92 Å². The molecule has 1 unspecified atom stereocenters. The molecule has 1 aromatic carbocycles. The third-order valence-electron chi connectivity index (χ3n) is 2.87. The number of nitrogens with one attached hydrogen (secondary N) is 1. The molecule has 5 heteroatoms. The second-order valence-corrected chi connectivity index (χ2v) is 6.13. The summed E-state index contributed by atoms with van der Waals surface area (Å²) in [6.45, 7) is 3.99. The van der Waals surface area contributed by atoms with Gasteiger partial charge in [0.25, 0.3) is 0 Å². The van der Waals surface area contributed by atoms with E-state index in [4.69, 9.17) is 0 Å². The van der Waals surface area contributed by atoms with Gasteiger partial charge in [0.2, 0.25) is 5.91 Å². The van der Waals surface area contributed by atoms with Crippen molar-refractivity contribution in [2.24, 2.45) is 0 Å². The third kappa shape index (κ3) is 6.91. The van der Waals surface area contributed by atoms with Gasteiger partial charge in [-0.3, -0.25) is 4.79 Å². The highest BCUT2D eigenvalue weighted by Gasteiger charge is 2.19. The minimum absolute atomic E-state index is 0.0894. The van der Waals surface area contributed by atoms with Crippen LogP contribution in [0.25, 0.3) is 0 Å². The van der Waals surface area contributed by atoms with E-state index in [0.717, 1.165) is 12.0 Å². The first-order valence-corrected chi connectivity index (χ1v) is 7.90. The van der Waals surface area contributed by atoms with Crippen molar-refractivity contribution >= 4 is 17.7 Å². The van der Waals surface area contributed by atoms with E-state index in [2.05, 4.69) is 5.32 Å². The van der Waals surface area contributed by atoms with Crippen LogP contribution in [-0.2, 0) is 10.5 Å². The third-order valence-corrected chi connectivity index (χ3v) is 3.87. The van der Waals surface area contributed by atoms with Crippen molar-refractivity contribution in [2.75, 3.05) is 12.3 Å². The smallest absolute Gasteiger partial charge is 0.230 e. The van der Waals surface area contributed by atoms with Crippen LogP contribution >= 0.6 is 11.8 Å². The molecule has 112 valence electrons. The molecule has 0 fully saturated rings. The van der Waals surface area contributed by atoms with Crippen molar-refractivity contribution in [3.05, 3.63) is 35.6 Å². The number of hydrogen-bond acceptors (Lipinski definition) is 3. The van der Waals surface area contributed by atoms with Crippen LogP contribution in [0, 0.1) is 5.82 Å². The molecule has 0 radical (unpaired) electrons. The average molecular weight is 299 g/mol. The van der Waals surface area contributed by atoms with Gasteiger partial charge in [-0.2, -0.15) is 0 Å². The van der Waals surface area contributed by atoms with Gasteiger partial charge in [0, 0.05) is 12.3 Å². The molecule has 0 aliphatic heterocycles. The lowest BCUT2D eigenvalue weighted by atomic mass is 10.0. The van der Waals surface area contributed by atoms with Crippen LogP contribution in [0.4, 0.5) is 4.39 Å². The second kappa shape index (κ2) is 8.27. The Morgan fingerprint density at radius 2 is 2.05 bits per heavy atom. The number of carbonyl (C=O) groups is 1. The van der Waals surface area contributed by atoms with E-state index in [9.17, 15) is 14.3 Å². The summed E-state index contributed by atoms with van der Waals surface area (Å²) >= 11 is 1.47. The van der Waals surface area contributed by atoms with E-state index in [1.165, 1.54) is 23.9 Å². The predicted octanol–water partition coefficient (Wildman–Crippen LogP) is 2.73. The van der Waals surface area contributed by atoms with Gasteiger partial charge in [0.1, 0.15) is 5.82 Å². The second-order valence-electron chi connectivity index (χ2n) is 5.14. The van der Waals surface area contributed by atoms with Crippen LogP contribution in [0.1, 0.15) is 32.3 Å². The maximum absolute atomic E-state index is 12.7. The first kappa shape index (κ1) is 17.0. The fraction of sp³-hybridized carbons (Fsp3) is 0.533. The average Bonchev–Trinajstić information content (AvgIpc) is 2.39. The molecule has 0 saturated heterocycles. The largest absolute Gasteiger partial charge is 0.388 e. The van der Waals surface area contributed by atoms with Crippen LogP contribution in [-0.4, -0.2) is 28.9 Å². The quantitative estimate of drug-likeness (QED) is 0.776. The lowest BCUT2D eigenvalue weighted by molar-refractivity contribution is -0.119. The lowest BCUT2D eigenvalue weighted by Gasteiger charge is -2.22. The van der Waals surface area contributed by atoms with Crippen LogP contribution < -0.4 is 5.32 Å². The molecule has 0 heterocycles. The van der Waals surface area contributed by atoms with Gasteiger partial charge in [-0.1, -0.05) is 25.5 Å². The Hall–Kier alpha value is -1.07. The van der Waals surface area contributed by atoms with E-state index < -0.39 is 5.60 Å². The molecule has 20 heavy (non-hydrogen) atoms. The zero-order valence-corrected chi connectivity index (χ0v) is 12.8. The Labute approximate surface area is 124 Å². The molecule has 0 aliphatic rings. The van der Waals surface area contributed by atoms with E-state index in [0.29, 0.717) is 17.9 Å². The lowest BCUT2D eigenvalue weighted by Crippen LogP contribution is -2.41. The number of carbonyl (C=O) groups excluding carboxylic acids is 1. The number of amides is 1. The minimum atomic E-state index is -0.841. The highest BCUT2D eigenvalue weighted by molar-refractivity contribution is 7.99. The van der Waals surface area contributed by atoms with Crippen LogP contribution in [0.3, 0.4) is 0 Å². The maximum Gasteiger partial charge on any atom is 0.230 e. The number of rotatable bonds is 8. The van der Waals surface area contributed by atoms with Crippen molar-refractivity contribution in [2.45, 2.75) is 38.0 Å². The zero-order chi connectivity index (χ0) is 15.0. The Kier molecular flexibility index (Phi) is 7.02. The molecule has 3 nitrogen and oxygen atoms in total. The van der Waals surface area contributed by atoms with Crippen LogP contribution in [0.2, 0.25) is 0 Å². The number of hydrogen-bond donors (Lipinski definition) is 2. The van der Waals surface area contributed by atoms with E-state index in [1.54, 1.807) is 19.1 Å². The first-order chi connectivity index (χ1) is 9.43. The highest BCUT2D eigenvalue weighted by atomic mass is 32.2. The summed E-state index contributed by atoms with van der Waals surface area (Å²) in [6, 6.07) is 6.26. The number of thioether (sulfide) groups is 1. The van der Waals surface area contributed by atoms with Crippen molar-refractivity contribution in [1.29, 1.82) is 0 Å². The van der Waals surface area contributed by atoms with Crippen molar-refractivity contribution in [1.82, 2.24) is 5.32 Å². The number of halogens is 1. The molecule has 1 rings (SSSR count). The standard InChI is InChI=1S/C15H22FNO2S/c1-3-8-15(2,19)11-17-14(18)10-20-9-12-4-6-13(16)7-5-12/h4-7,19H,3,8-11H2,1-2H3,(H,17,18). The van der Waals surface area contributed by atoms with Crippen molar-refractivity contribution in [3.8, 4) is 0 Å². The minimum Gasteiger partial charge on any atom is -0.388 e. The summed E-state index contributed by atoms with van der Waals surface area (Å²) in [5, 5.41) is 12.7. The summed E-state index contributed by atoms with van der Waals surface area (Å²) < 4.78 is 12.7. The molecule has 1 aromatic rings. The monoisotopic (exact) mass is 299 g/mol. The summed E-state index contributed by atoms with van der Waals surface area (Å²) in [5.41, 5.74) is 0.147. The maximum atomic E-state index is 12.7. The zero-order valence-electron chi connectivity index (χ0n) is 12.0. The van der Waals surface area contributed by atoms with Gasteiger partial charge < -0.3 is 10.4 Å². The van der Waals surface area contributed by atoms with Gasteiger partial charge >= 0.3 is 0 Å². The highest BCUT2D eigenvalue weighted by Crippen LogP contribution is 2.13. The van der Waals surface area contributed by atoms with Gasteiger partial charge in [-0.15, -0.1) is 11.8 Å². The Morgan fingerprint density at radius 3 is 2.65 bits per heavy atom. The molecule has 0 spiro atoms. The van der Waals surface area contributed by atoms with Gasteiger partial charge in [0.15, 0.2) is 0 Å². The molecule has 0 aliphatic carbocycles. The number of benzene rings is 1. The van der Waals surface area contributed by atoms with E-state index in [-0.39, 0.29) is 18.3 Å². The van der Waals surface area contributed by atoms with Gasteiger partial charge in [0.05, 0.1) is 11.4 Å². The Bertz CT molecular complexity index is 420. The molecular weight excluding hydrogens is 277 g/mol. The Morgan fingerprint density at radius 1 is 1.40 bits per heavy atom. The summed E-state index contributed by atoms with van der Waals surface area (Å²) in [6.07, 6.45) is 1.54. The predicted molar refractivity (Wildman–Crippen MR) is 81.1 cm³/mol. The Balaban J connectivity index is 2.22. The van der Waals surface area contributed by atoms with E-state index >= 15 is 0 Å². The van der Waals surface area contributed by atoms with Crippen molar-refractivity contribution < 1.29 is 14.3 Å². The fourth-order valence-electron chi connectivity index (χ4n) is 1.81. The topological polar surface area (TPSA) is 49.3 Å². The molecule has 2 N–H and O–H groups in total. The first-order valence-electron chi connectivity index (χ1n) is 6.74. The van der Waals surface area contributed by atoms with Crippen molar-refractivity contribution in [3.63, 3.8) is 0 Å². The molecule has 0 saturated carbocycles. The molecule has 1 atom stereocenters. The van der Waals surface area contributed by atoms with Gasteiger partial charge in [-0.05, 0) is 31.0 Å². The molecule has 0 bridgehead atoms. The molecule has 0 aromatic heterocycles. The molecular formula is C15H22FNO2S. The number of aliphatic hydroxyl groups is 1.